The van der Waals surface area contributed by atoms with Crippen molar-refractivity contribution in [1.82, 2.24) is 0 Å². The highest BCUT2D eigenvalue weighted by atomic mass is 35.5. The van der Waals surface area contributed by atoms with E-state index in [0.29, 0.717) is 5.56 Å². The van der Waals surface area contributed by atoms with Gasteiger partial charge in [0, 0.05) is 29.4 Å². The number of rotatable bonds is 4. The second-order valence-corrected chi connectivity index (χ2v) is 6.01. The molecule has 0 fully saturated rings. The summed E-state index contributed by atoms with van der Waals surface area (Å²) in [7, 11) is 0. The Bertz CT molecular complexity index is 682. The number of fused-ring (bicyclic) bond motifs is 1. The Labute approximate surface area is 135 Å². The van der Waals surface area contributed by atoms with E-state index in [4.69, 9.17) is 16.7 Å². The predicted molar refractivity (Wildman–Crippen MR) is 88.7 cm³/mol. The predicted octanol–water partition coefficient (Wildman–Crippen LogP) is 3.47. The molecule has 22 heavy (non-hydrogen) atoms. The van der Waals surface area contributed by atoms with Crippen molar-refractivity contribution in [2.24, 2.45) is 0 Å². The molecule has 2 aromatic carbocycles. The average Bonchev–Trinajstić information content (AvgIpc) is 2.55. The Hall–Kier alpha value is -1.84. The van der Waals surface area contributed by atoms with Crippen LogP contribution in [0.3, 0.4) is 0 Å². The first-order valence-electron chi connectivity index (χ1n) is 7.44. The second-order valence-electron chi connectivity index (χ2n) is 5.58. The molecule has 1 aliphatic rings. The lowest BCUT2D eigenvalue weighted by atomic mass is 10.0. The number of halogens is 1. The van der Waals surface area contributed by atoms with E-state index in [0.717, 1.165) is 36.5 Å². The molecule has 3 nitrogen and oxygen atoms in total. The monoisotopic (exact) mass is 315 g/mol. The summed E-state index contributed by atoms with van der Waals surface area (Å²) in [6.07, 6.45) is 2.19. The number of anilines is 1. The molecule has 0 bridgehead atoms. The van der Waals surface area contributed by atoms with Gasteiger partial charge in [0.25, 0.3) is 0 Å². The molecule has 1 aliphatic heterocycles. The largest absolute Gasteiger partial charge is 0.388 e. The van der Waals surface area contributed by atoms with E-state index in [2.05, 4.69) is 11.0 Å². The van der Waals surface area contributed by atoms with Gasteiger partial charge in [-0.1, -0.05) is 35.9 Å². The molecule has 0 saturated carbocycles. The normalized spacial score (nSPS) is 13.8. The smallest absolute Gasteiger partial charge is 0.188 e. The molecule has 0 unspecified atom stereocenters. The van der Waals surface area contributed by atoms with E-state index < -0.39 is 6.61 Å². The van der Waals surface area contributed by atoms with Crippen molar-refractivity contribution in [2.45, 2.75) is 19.4 Å². The molecule has 0 aliphatic carbocycles. The van der Waals surface area contributed by atoms with Crippen molar-refractivity contribution in [3.8, 4) is 0 Å². The topological polar surface area (TPSA) is 40.5 Å². The Morgan fingerprint density at radius 1 is 1.18 bits per heavy atom. The van der Waals surface area contributed by atoms with E-state index in [1.54, 1.807) is 12.1 Å². The second kappa shape index (κ2) is 6.51. The van der Waals surface area contributed by atoms with Gasteiger partial charge >= 0.3 is 0 Å². The van der Waals surface area contributed by atoms with Crippen molar-refractivity contribution < 1.29 is 9.90 Å². The summed E-state index contributed by atoms with van der Waals surface area (Å²) in [5, 5.41) is 9.67. The number of benzene rings is 2. The third-order valence-corrected chi connectivity index (χ3v) is 4.28. The van der Waals surface area contributed by atoms with Crippen LogP contribution in [0.4, 0.5) is 5.69 Å². The number of carbonyl (C=O) groups is 1. The summed E-state index contributed by atoms with van der Waals surface area (Å²) in [4.78, 5) is 13.8. The molecule has 0 spiro atoms. The van der Waals surface area contributed by atoms with Crippen molar-refractivity contribution in [1.29, 1.82) is 0 Å². The number of hydrogen-bond donors (Lipinski definition) is 1. The highest BCUT2D eigenvalue weighted by Crippen LogP contribution is 2.30. The lowest BCUT2D eigenvalue weighted by Crippen LogP contribution is -2.28. The van der Waals surface area contributed by atoms with Gasteiger partial charge in [0.1, 0.15) is 6.61 Å². The van der Waals surface area contributed by atoms with Gasteiger partial charge in [-0.15, -0.1) is 0 Å². The first kappa shape index (κ1) is 15.1. The molecule has 2 aromatic rings. The van der Waals surface area contributed by atoms with E-state index >= 15 is 0 Å². The Kier molecular flexibility index (Phi) is 4.46. The van der Waals surface area contributed by atoms with Gasteiger partial charge < -0.3 is 10.0 Å². The molecule has 0 aromatic heterocycles. The maximum absolute atomic E-state index is 11.4. The maximum Gasteiger partial charge on any atom is 0.188 e. The first-order valence-corrected chi connectivity index (χ1v) is 7.81. The number of aliphatic hydroxyl groups excluding tert-OH is 1. The standard InChI is InChI=1S/C18H18ClNO2/c19-16-7-8-17-15(10-16)2-1-9-20(17)11-13-3-5-14(6-4-13)18(22)12-21/h3-8,10,21H,1-2,9,11-12H2. The van der Waals surface area contributed by atoms with Crippen molar-refractivity contribution in [3.05, 3.63) is 64.2 Å². The molecular formula is C18H18ClNO2. The van der Waals surface area contributed by atoms with E-state index in [1.807, 2.05) is 24.3 Å². The van der Waals surface area contributed by atoms with Crippen LogP contribution in [-0.2, 0) is 13.0 Å². The first-order chi connectivity index (χ1) is 10.7. The minimum atomic E-state index is -0.445. The van der Waals surface area contributed by atoms with Crippen LogP contribution in [0.1, 0.15) is 27.9 Å². The zero-order chi connectivity index (χ0) is 15.5. The Morgan fingerprint density at radius 3 is 2.68 bits per heavy atom. The van der Waals surface area contributed by atoms with Gasteiger partial charge in [-0.2, -0.15) is 0 Å². The van der Waals surface area contributed by atoms with Crippen LogP contribution in [0, 0.1) is 0 Å². The zero-order valence-corrected chi connectivity index (χ0v) is 13.0. The number of hydrogen-bond acceptors (Lipinski definition) is 3. The van der Waals surface area contributed by atoms with Gasteiger partial charge in [-0.05, 0) is 42.2 Å². The quantitative estimate of drug-likeness (QED) is 0.878. The van der Waals surface area contributed by atoms with Gasteiger partial charge in [0.2, 0.25) is 0 Å². The third kappa shape index (κ3) is 3.16. The molecule has 0 atom stereocenters. The molecule has 1 heterocycles. The molecule has 3 rings (SSSR count). The molecule has 114 valence electrons. The summed E-state index contributed by atoms with van der Waals surface area (Å²) in [5.74, 6) is -0.246. The van der Waals surface area contributed by atoms with E-state index in [9.17, 15) is 4.79 Å². The van der Waals surface area contributed by atoms with E-state index in [1.165, 1.54) is 11.3 Å². The highest BCUT2D eigenvalue weighted by Gasteiger charge is 2.17. The number of ketones is 1. The van der Waals surface area contributed by atoms with Crippen LogP contribution in [0.5, 0.6) is 0 Å². The van der Waals surface area contributed by atoms with Crippen LogP contribution in [0.2, 0.25) is 5.02 Å². The highest BCUT2D eigenvalue weighted by molar-refractivity contribution is 6.30. The van der Waals surface area contributed by atoms with Crippen molar-refractivity contribution in [3.63, 3.8) is 0 Å². The van der Waals surface area contributed by atoms with Crippen LogP contribution in [-0.4, -0.2) is 24.0 Å². The maximum atomic E-state index is 11.4. The van der Waals surface area contributed by atoms with Crippen molar-refractivity contribution in [2.75, 3.05) is 18.1 Å². The molecule has 0 saturated heterocycles. The average molecular weight is 316 g/mol. The summed E-state index contributed by atoms with van der Waals surface area (Å²) in [5.41, 5.74) is 4.24. The number of Topliss-reactive ketones (excluding diaryl/α,β-unsaturated/α-hetero) is 1. The van der Waals surface area contributed by atoms with Crippen molar-refractivity contribution >= 4 is 23.1 Å². The minimum absolute atomic E-state index is 0.246. The fourth-order valence-electron chi connectivity index (χ4n) is 2.92. The summed E-state index contributed by atoms with van der Waals surface area (Å²) in [6.45, 7) is 1.38. The Balaban J connectivity index is 1.78. The van der Waals surface area contributed by atoms with Gasteiger partial charge in [-0.25, -0.2) is 0 Å². The zero-order valence-electron chi connectivity index (χ0n) is 12.3. The minimum Gasteiger partial charge on any atom is -0.388 e. The van der Waals surface area contributed by atoms with Gasteiger partial charge in [0.05, 0.1) is 0 Å². The number of aryl methyl sites for hydroxylation is 1. The summed E-state index contributed by atoms with van der Waals surface area (Å²) < 4.78 is 0. The fourth-order valence-corrected chi connectivity index (χ4v) is 3.11. The lowest BCUT2D eigenvalue weighted by Gasteiger charge is -2.31. The number of aliphatic hydroxyl groups is 1. The molecule has 4 heteroatoms. The third-order valence-electron chi connectivity index (χ3n) is 4.05. The SMILES string of the molecule is O=C(CO)c1ccc(CN2CCCc3cc(Cl)ccc32)cc1. The molecular weight excluding hydrogens is 298 g/mol. The van der Waals surface area contributed by atoms with Crippen LogP contribution < -0.4 is 4.90 Å². The van der Waals surface area contributed by atoms with Crippen LogP contribution >= 0.6 is 11.6 Å². The Morgan fingerprint density at radius 2 is 1.95 bits per heavy atom. The summed E-state index contributed by atoms with van der Waals surface area (Å²) in [6, 6.07) is 13.5. The van der Waals surface area contributed by atoms with Gasteiger partial charge in [-0.3, -0.25) is 4.79 Å². The fraction of sp³-hybridized carbons (Fsp3) is 0.278. The number of carbonyl (C=O) groups excluding carboxylic acids is 1. The molecule has 0 amide bonds. The van der Waals surface area contributed by atoms with Crippen LogP contribution in [0.15, 0.2) is 42.5 Å². The molecule has 1 N–H and O–H groups in total. The number of nitrogens with zero attached hydrogens (tertiary/aromatic N) is 1. The van der Waals surface area contributed by atoms with Crippen LogP contribution in [0.25, 0.3) is 0 Å². The summed E-state index contributed by atoms with van der Waals surface area (Å²) >= 11 is 6.07. The molecule has 0 radical (unpaired) electrons. The lowest BCUT2D eigenvalue weighted by molar-refractivity contribution is 0.0903. The van der Waals surface area contributed by atoms with E-state index in [-0.39, 0.29) is 5.78 Å². The van der Waals surface area contributed by atoms with Gasteiger partial charge in [0.15, 0.2) is 5.78 Å².